The predicted molar refractivity (Wildman–Crippen MR) is 152 cm³/mol. The number of hydrogen-bond donors (Lipinski definition) is 1. The first-order valence-electron chi connectivity index (χ1n) is 12.2. The lowest BCUT2D eigenvalue weighted by Crippen LogP contribution is -2.48. The number of piperidine rings is 2. The number of aliphatic carboxylic acids is 1. The summed E-state index contributed by atoms with van der Waals surface area (Å²) in [4.78, 5) is 16.6. The van der Waals surface area contributed by atoms with E-state index in [-0.39, 0.29) is 30.9 Å². The summed E-state index contributed by atoms with van der Waals surface area (Å²) < 4.78 is 6.24. The lowest BCUT2D eigenvalue weighted by Gasteiger charge is -2.39. The molecule has 2 aromatic rings. The molecule has 0 unspecified atom stereocenters. The number of carboxylic acids is 1. The van der Waals surface area contributed by atoms with Gasteiger partial charge in [-0.15, -0.1) is 24.8 Å². The van der Waals surface area contributed by atoms with Crippen LogP contribution in [0, 0.1) is 12.8 Å². The first kappa shape index (κ1) is 31.0. The van der Waals surface area contributed by atoms with Gasteiger partial charge in [0.15, 0.2) is 0 Å². The van der Waals surface area contributed by atoms with Crippen LogP contribution in [0.4, 0.5) is 0 Å². The number of carboxylic acid groups (broad SMARTS) is 1. The zero-order chi connectivity index (χ0) is 24.1. The van der Waals surface area contributed by atoms with Gasteiger partial charge in [-0.3, -0.25) is 9.69 Å². The molecule has 0 saturated carbocycles. The molecule has 200 valence electrons. The quantitative estimate of drug-likeness (QED) is 0.393. The topological polar surface area (TPSA) is 53.0 Å². The van der Waals surface area contributed by atoms with Gasteiger partial charge in [0.1, 0.15) is 17.9 Å². The molecule has 2 aromatic carbocycles. The van der Waals surface area contributed by atoms with Gasteiger partial charge in [-0.05, 0) is 75.7 Å². The van der Waals surface area contributed by atoms with E-state index in [0.717, 1.165) is 75.3 Å². The summed E-state index contributed by atoms with van der Waals surface area (Å²) in [6, 6.07) is 13.2. The van der Waals surface area contributed by atoms with Crippen molar-refractivity contribution in [2.45, 2.75) is 51.2 Å². The van der Waals surface area contributed by atoms with Gasteiger partial charge in [0.05, 0.1) is 10.0 Å². The molecule has 0 spiro atoms. The second-order valence-electron chi connectivity index (χ2n) is 9.63. The van der Waals surface area contributed by atoms with Crippen LogP contribution < -0.4 is 4.74 Å². The molecule has 2 heterocycles. The summed E-state index contributed by atoms with van der Waals surface area (Å²) in [5.74, 6) is 0.725. The third-order valence-electron chi connectivity index (χ3n) is 7.28. The smallest absolute Gasteiger partial charge is 0.321 e. The number of ether oxygens (including phenoxy) is 1. The van der Waals surface area contributed by atoms with Crippen LogP contribution in [-0.2, 0) is 11.2 Å². The predicted octanol–water partition coefficient (Wildman–Crippen LogP) is 6.40. The number of carbonyl (C=O) groups is 1. The number of likely N-dealkylation sites (tertiary alicyclic amines) is 2. The summed E-state index contributed by atoms with van der Waals surface area (Å²) in [6.45, 7) is 6.78. The van der Waals surface area contributed by atoms with Gasteiger partial charge in [-0.25, -0.2) is 0 Å². The maximum Gasteiger partial charge on any atom is 0.321 e. The number of hydrogen-bond acceptors (Lipinski definition) is 4. The highest BCUT2D eigenvalue weighted by Gasteiger charge is 2.31. The Balaban J connectivity index is 0.00000228. The zero-order valence-corrected chi connectivity index (χ0v) is 23.7. The van der Waals surface area contributed by atoms with Gasteiger partial charge in [0.25, 0.3) is 0 Å². The van der Waals surface area contributed by atoms with Crippen molar-refractivity contribution in [3.63, 3.8) is 0 Å². The molecule has 0 radical (unpaired) electrons. The van der Waals surface area contributed by atoms with E-state index in [1.807, 2.05) is 43.3 Å². The molecule has 9 heteroatoms. The molecule has 2 aliphatic heterocycles. The van der Waals surface area contributed by atoms with E-state index >= 15 is 0 Å². The molecule has 36 heavy (non-hydrogen) atoms. The molecular weight excluding hydrogens is 542 g/mol. The van der Waals surface area contributed by atoms with Crippen LogP contribution in [0.3, 0.4) is 0 Å². The van der Waals surface area contributed by atoms with Gasteiger partial charge in [-0.1, -0.05) is 53.5 Å². The maximum absolute atomic E-state index is 11.9. The summed E-state index contributed by atoms with van der Waals surface area (Å²) >= 11 is 12.4. The fourth-order valence-electron chi connectivity index (χ4n) is 5.17. The van der Waals surface area contributed by atoms with E-state index in [0.29, 0.717) is 22.4 Å². The van der Waals surface area contributed by atoms with Crippen LogP contribution in [0.15, 0.2) is 42.5 Å². The van der Waals surface area contributed by atoms with E-state index in [4.69, 9.17) is 27.9 Å². The van der Waals surface area contributed by atoms with Crippen LogP contribution in [0.5, 0.6) is 5.75 Å². The van der Waals surface area contributed by atoms with Crippen LogP contribution >= 0.6 is 48.0 Å². The molecule has 0 aliphatic carbocycles. The van der Waals surface area contributed by atoms with Crippen molar-refractivity contribution in [2.75, 3.05) is 32.7 Å². The van der Waals surface area contributed by atoms with Gasteiger partial charge < -0.3 is 14.7 Å². The van der Waals surface area contributed by atoms with Crippen LogP contribution in [0.2, 0.25) is 10.0 Å². The Hall–Kier alpha value is -1.21. The van der Waals surface area contributed by atoms with E-state index in [9.17, 15) is 9.90 Å². The Bertz CT molecular complexity index is 963. The highest BCUT2D eigenvalue weighted by atomic mass is 35.5. The number of benzene rings is 2. The van der Waals surface area contributed by atoms with Crippen molar-refractivity contribution < 1.29 is 14.6 Å². The normalized spacial score (nSPS) is 18.6. The van der Waals surface area contributed by atoms with E-state index in [2.05, 4.69) is 9.80 Å². The maximum atomic E-state index is 11.9. The fourth-order valence-corrected chi connectivity index (χ4v) is 5.53. The Morgan fingerprint density at radius 1 is 1.00 bits per heavy atom. The summed E-state index contributed by atoms with van der Waals surface area (Å²) in [5, 5.41) is 10.9. The minimum atomic E-state index is -0.721. The first-order chi connectivity index (χ1) is 16.4. The zero-order valence-electron chi connectivity index (χ0n) is 20.6. The highest BCUT2D eigenvalue weighted by molar-refractivity contribution is 6.42. The van der Waals surface area contributed by atoms with Crippen molar-refractivity contribution in [2.24, 2.45) is 5.92 Å². The van der Waals surface area contributed by atoms with Crippen LogP contribution in [0.25, 0.3) is 0 Å². The van der Waals surface area contributed by atoms with E-state index in [1.54, 1.807) is 6.07 Å². The average Bonchev–Trinajstić information content (AvgIpc) is 2.85. The van der Waals surface area contributed by atoms with Crippen molar-refractivity contribution in [1.82, 2.24) is 9.80 Å². The fraction of sp³-hybridized carbons (Fsp3) is 0.519. The molecule has 0 bridgehead atoms. The second kappa shape index (κ2) is 14.7. The minimum Gasteiger partial charge on any atom is -0.490 e. The SMILES string of the molecule is Cc1c(OC2CCN(CC3CCN([C@@H](Cc4ccccc4)C(=O)O)CC3)CC2)ccc(Cl)c1Cl.Cl.Cl. The minimum absolute atomic E-state index is 0. The van der Waals surface area contributed by atoms with Crippen molar-refractivity contribution in [3.05, 3.63) is 63.6 Å². The van der Waals surface area contributed by atoms with Gasteiger partial charge >= 0.3 is 5.97 Å². The molecule has 0 amide bonds. The Morgan fingerprint density at radius 2 is 1.64 bits per heavy atom. The lowest BCUT2D eigenvalue weighted by molar-refractivity contribution is -0.144. The molecule has 0 aromatic heterocycles. The Labute approximate surface area is 236 Å². The van der Waals surface area contributed by atoms with E-state index in [1.165, 1.54) is 0 Å². The molecule has 4 rings (SSSR count). The molecule has 1 N–H and O–H groups in total. The van der Waals surface area contributed by atoms with Gasteiger partial charge in [0.2, 0.25) is 0 Å². The molecule has 2 saturated heterocycles. The Morgan fingerprint density at radius 3 is 2.25 bits per heavy atom. The average molecular weight is 578 g/mol. The van der Waals surface area contributed by atoms with Crippen molar-refractivity contribution in [3.8, 4) is 5.75 Å². The summed E-state index contributed by atoms with van der Waals surface area (Å²) in [6.07, 6.45) is 4.86. The summed E-state index contributed by atoms with van der Waals surface area (Å²) in [5.41, 5.74) is 1.98. The molecular formula is C27H36Cl4N2O3. The largest absolute Gasteiger partial charge is 0.490 e. The van der Waals surface area contributed by atoms with Crippen LogP contribution in [0.1, 0.15) is 36.8 Å². The number of halogens is 4. The highest BCUT2D eigenvalue weighted by Crippen LogP contribution is 2.33. The number of nitrogens with zero attached hydrogens (tertiary/aromatic N) is 2. The molecule has 2 aliphatic rings. The van der Waals surface area contributed by atoms with Crippen molar-refractivity contribution >= 4 is 54.0 Å². The first-order valence-corrected chi connectivity index (χ1v) is 13.0. The summed E-state index contributed by atoms with van der Waals surface area (Å²) in [7, 11) is 0. The molecule has 5 nitrogen and oxygen atoms in total. The van der Waals surface area contributed by atoms with E-state index < -0.39 is 12.0 Å². The standard InChI is InChI=1S/C27H34Cl2N2O3.2ClH/c1-19-25(8-7-23(28)26(19)29)34-22-11-13-30(14-12-22)18-21-9-15-31(16-10-21)24(27(32)33)17-20-5-3-2-4-6-20;;/h2-8,21-22,24H,9-18H2,1H3,(H,32,33);2*1H/t24-;;/m0../s1. The second-order valence-corrected chi connectivity index (χ2v) is 10.4. The monoisotopic (exact) mass is 576 g/mol. The van der Waals surface area contributed by atoms with Crippen molar-refractivity contribution in [1.29, 1.82) is 0 Å². The third kappa shape index (κ3) is 8.14. The van der Waals surface area contributed by atoms with Gasteiger partial charge in [-0.2, -0.15) is 0 Å². The molecule has 2 fully saturated rings. The number of rotatable bonds is 8. The molecule has 1 atom stereocenters. The lowest BCUT2D eigenvalue weighted by atomic mass is 9.93. The third-order valence-corrected chi connectivity index (χ3v) is 8.18. The Kier molecular flexibility index (Phi) is 12.6. The van der Waals surface area contributed by atoms with Crippen LogP contribution in [-0.4, -0.2) is 65.7 Å². The van der Waals surface area contributed by atoms with Gasteiger partial charge in [0, 0.05) is 25.2 Å².